The highest BCUT2D eigenvalue weighted by Gasteiger charge is 2.49. The Morgan fingerprint density at radius 3 is 2.46 bits per heavy atom. The molecule has 1 aromatic heterocycles. The van der Waals surface area contributed by atoms with Crippen LogP contribution >= 0.6 is 0 Å². The fraction of sp³-hybridized carbons (Fsp3) is 0.273. The molecular formula is C22H16O6. The van der Waals surface area contributed by atoms with Crippen molar-refractivity contribution in [2.24, 2.45) is 0 Å². The van der Waals surface area contributed by atoms with Crippen LogP contribution in [0, 0.1) is 0 Å². The maximum Gasteiger partial charge on any atom is 0.303 e. The molecule has 0 amide bonds. The highest BCUT2D eigenvalue weighted by molar-refractivity contribution is 6.23. The first-order valence-electron chi connectivity index (χ1n) is 9.10. The van der Waals surface area contributed by atoms with Crippen LogP contribution in [0.25, 0.3) is 0 Å². The quantitative estimate of drug-likeness (QED) is 0.708. The molecule has 0 spiro atoms. The van der Waals surface area contributed by atoms with Crippen LogP contribution in [0.4, 0.5) is 0 Å². The number of hydrogen-bond donors (Lipinski definition) is 0. The van der Waals surface area contributed by atoms with Crippen LogP contribution in [0.5, 0.6) is 0 Å². The molecule has 0 fully saturated rings. The van der Waals surface area contributed by atoms with E-state index in [0.717, 1.165) is 0 Å². The van der Waals surface area contributed by atoms with Crippen LogP contribution in [0.15, 0.2) is 35.0 Å². The molecule has 28 heavy (non-hydrogen) atoms. The lowest BCUT2D eigenvalue weighted by molar-refractivity contribution is -0.147. The zero-order valence-electron chi connectivity index (χ0n) is 15.3. The molecule has 6 nitrogen and oxygen atoms in total. The maximum absolute atomic E-state index is 13.1. The number of hydrogen-bond acceptors (Lipinski definition) is 6. The van der Waals surface area contributed by atoms with Gasteiger partial charge in [0.15, 0.2) is 17.3 Å². The van der Waals surface area contributed by atoms with E-state index in [9.17, 15) is 19.2 Å². The van der Waals surface area contributed by atoms with Crippen LogP contribution in [0.2, 0.25) is 0 Å². The number of carbonyl (C=O) groups is 4. The minimum absolute atomic E-state index is 0.215. The number of rotatable bonds is 1. The number of carbonyl (C=O) groups excluding carboxylic acids is 4. The lowest BCUT2D eigenvalue weighted by atomic mass is 9.61. The lowest BCUT2D eigenvalue weighted by Gasteiger charge is -2.41. The molecular weight excluding hydrogens is 360 g/mol. The lowest BCUT2D eigenvalue weighted by Crippen LogP contribution is -2.37. The molecule has 1 heterocycles. The molecule has 3 aliphatic rings. The van der Waals surface area contributed by atoms with E-state index in [2.05, 4.69) is 0 Å². The van der Waals surface area contributed by atoms with E-state index in [1.165, 1.54) is 31.4 Å². The average molecular weight is 376 g/mol. The zero-order valence-corrected chi connectivity index (χ0v) is 15.3. The van der Waals surface area contributed by atoms with Crippen molar-refractivity contribution >= 4 is 23.3 Å². The summed E-state index contributed by atoms with van der Waals surface area (Å²) in [5.41, 5.74) is 2.49. The molecule has 6 heteroatoms. The molecule has 2 atom stereocenters. The van der Waals surface area contributed by atoms with Gasteiger partial charge in [-0.3, -0.25) is 19.2 Å². The van der Waals surface area contributed by atoms with Crippen molar-refractivity contribution in [3.63, 3.8) is 0 Å². The van der Waals surface area contributed by atoms with Gasteiger partial charge in [-0.1, -0.05) is 6.92 Å². The number of ether oxygens (including phenoxy) is 1. The van der Waals surface area contributed by atoms with Crippen molar-refractivity contribution in [2.45, 2.75) is 38.2 Å². The zero-order chi connectivity index (χ0) is 19.8. The van der Waals surface area contributed by atoms with Gasteiger partial charge in [0, 0.05) is 40.2 Å². The fourth-order valence-electron chi connectivity index (χ4n) is 4.74. The average Bonchev–Trinajstić information content (AvgIpc) is 3.12. The standard InChI is InChI=1S/C22H16O6/c1-10(23)28-18-5-6-22(2)15-8-12-11(16(24)3-4-17(12)25)7-13(15)20(26)21-19(22)14(18)9-27-21/h3-4,7-9,18H,5-6H2,1-2H3/t18-,22+/m1/s1. The minimum Gasteiger partial charge on any atom is -0.460 e. The van der Waals surface area contributed by atoms with Crippen molar-refractivity contribution < 1.29 is 28.3 Å². The van der Waals surface area contributed by atoms with Crippen LogP contribution in [-0.4, -0.2) is 23.3 Å². The molecule has 3 aliphatic carbocycles. The highest BCUT2D eigenvalue weighted by Crippen LogP contribution is 2.53. The third-order valence-electron chi connectivity index (χ3n) is 6.05. The number of fused-ring (bicyclic) bond motifs is 3. The van der Waals surface area contributed by atoms with Crippen molar-refractivity contribution in [3.05, 3.63) is 69.7 Å². The smallest absolute Gasteiger partial charge is 0.303 e. The number of furan rings is 1. The van der Waals surface area contributed by atoms with E-state index in [4.69, 9.17) is 9.15 Å². The van der Waals surface area contributed by atoms with Gasteiger partial charge in [-0.15, -0.1) is 0 Å². The Hall–Kier alpha value is -3.28. The van der Waals surface area contributed by atoms with E-state index in [0.29, 0.717) is 40.7 Å². The van der Waals surface area contributed by atoms with Gasteiger partial charge in [-0.2, -0.15) is 0 Å². The van der Waals surface area contributed by atoms with Gasteiger partial charge in [0.25, 0.3) is 0 Å². The van der Waals surface area contributed by atoms with Crippen LogP contribution < -0.4 is 0 Å². The van der Waals surface area contributed by atoms with Gasteiger partial charge in [-0.25, -0.2) is 0 Å². The van der Waals surface area contributed by atoms with Gasteiger partial charge in [0.2, 0.25) is 5.78 Å². The summed E-state index contributed by atoms with van der Waals surface area (Å²) in [5.74, 6) is -1.04. The topological polar surface area (TPSA) is 90.7 Å². The van der Waals surface area contributed by atoms with Gasteiger partial charge in [0.05, 0.1) is 6.26 Å². The monoisotopic (exact) mass is 376 g/mol. The second kappa shape index (κ2) is 5.38. The summed E-state index contributed by atoms with van der Waals surface area (Å²) >= 11 is 0. The van der Waals surface area contributed by atoms with Gasteiger partial charge >= 0.3 is 5.97 Å². The predicted octanol–water partition coefficient (Wildman–Crippen LogP) is 3.46. The summed E-state index contributed by atoms with van der Waals surface area (Å²) in [6.45, 7) is 3.35. The van der Waals surface area contributed by atoms with Gasteiger partial charge in [0.1, 0.15) is 6.10 Å². The van der Waals surface area contributed by atoms with Crippen molar-refractivity contribution in [3.8, 4) is 0 Å². The first-order valence-corrected chi connectivity index (χ1v) is 9.10. The van der Waals surface area contributed by atoms with Gasteiger partial charge < -0.3 is 9.15 Å². The third-order valence-corrected chi connectivity index (χ3v) is 6.05. The molecule has 0 N–H and O–H groups in total. The highest BCUT2D eigenvalue weighted by atomic mass is 16.5. The van der Waals surface area contributed by atoms with Crippen LogP contribution in [-0.2, 0) is 14.9 Å². The Morgan fingerprint density at radius 2 is 1.79 bits per heavy atom. The summed E-state index contributed by atoms with van der Waals surface area (Å²) in [5, 5.41) is 0. The summed E-state index contributed by atoms with van der Waals surface area (Å²) in [7, 11) is 0. The summed E-state index contributed by atoms with van der Waals surface area (Å²) in [6, 6.07) is 3.20. The summed E-state index contributed by atoms with van der Waals surface area (Å²) in [4.78, 5) is 49.2. The van der Waals surface area contributed by atoms with E-state index in [1.807, 2.05) is 6.92 Å². The first-order chi connectivity index (χ1) is 13.3. The van der Waals surface area contributed by atoms with Crippen molar-refractivity contribution in [1.29, 1.82) is 0 Å². The predicted molar refractivity (Wildman–Crippen MR) is 96.6 cm³/mol. The molecule has 1 aromatic carbocycles. The summed E-state index contributed by atoms with van der Waals surface area (Å²) in [6.07, 6.45) is 4.69. The second-order valence-corrected chi connectivity index (χ2v) is 7.70. The van der Waals surface area contributed by atoms with Crippen LogP contribution in [0.1, 0.15) is 86.3 Å². The Bertz CT molecular complexity index is 1150. The fourth-order valence-corrected chi connectivity index (χ4v) is 4.74. The number of ketones is 3. The van der Waals surface area contributed by atoms with E-state index in [1.54, 1.807) is 6.07 Å². The number of allylic oxidation sites excluding steroid dienone is 2. The molecule has 0 aliphatic heterocycles. The van der Waals surface area contributed by atoms with Crippen molar-refractivity contribution in [2.75, 3.05) is 0 Å². The van der Waals surface area contributed by atoms with Crippen molar-refractivity contribution in [1.82, 2.24) is 0 Å². The molecule has 0 bridgehead atoms. The Kier molecular flexibility index (Phi) is 3.24. The molecule has 0 saturated heterocycles. The first kappa shape index (κ1) is 16.9. The number of esters is 1. The Balaban J connectivity index is 1.75. The molecule has 0 saturated carbocycles. The SMILES string of the molecule is CC(=O)O[C@@H]1CC[C@@]2(C)c3cc4c(cc3C(=O)c3occ1c32)C(=O)C=CC4=O. The van der Waals surface area contributed by atoms with Gasteiger partial charge in [-0.05, 0) is 42.7 Å². The molecule has 0 radical (unpaired) electrons. The largest absolute Gasteiger partial charge is 0.460 e. The van der Waals surface area contributed by atoms with E-state index >= 15 is 0 Å². The molecule has 140 valence electrons. The number of benzene rings is 1. The Labute approximate surface area is 160 Å². The minimum atomic E-state index is -0.572. The Morgan fingerprint density at radius 1 is 1.11 bits per heavy atom. The van der Waals surface area contributed by atoms with E-state index in [-0.39, 0.29) is 28.7 Å². The molecule has 2 aromatic rings. The normalized spacial score (nSPS) is 24.5. The maximum atomic E-state index is 13.1. The second-order valence-electron chi connectivity index (χ2n) is 7.70. The molecule has 5 rings (SSSR count). The molecule has 0 unspecified atom stereocenters. The summed E-state index contributed by atoms with van der Waals surface area (Å²) < 4.78 is 11.0. The third kappa shape index (κ3) is 2.03. The van der Waals surface area contributed by atoms with Crippen LogP contribution in [0.3, 0.4) is 0 Å². The van der Waals surface area contributed by atoms with E-state index < -0.39 is 17.5 Å².